The lowest BCUT2D eigenvalue weighted by Gasteiger charge is -2.16. The second-order valence-corrected chi connectivity index (χ2v) is 3.83. The number of likely N-dealkylation sites (tertiary alicyclic amines) is 1. The Kier molecular flexibility index (Phi) is 2.13. The van der Waals surface area contributed by atoms with Crippen LogP contribution in [-0.4, -0.2) is 23.8 Å². The van der Waals surface area contributed by atoms with Crippen LogP contribution in [0, 0.1) is 5.41 Å². The van der Waals surface area contributed by atoms with Gasteiger partial charge in [0, 0.05) is 24.0 Å². The van der Waals surface area contributed by atoms with Gasteiger partial charge in [0.1, 0.15) is 5.84 Å². The van der Waals surface area contributed by atoms with Crippen LogP contribution in [0.4, 0.5) is 0 Å². The van der Waals surface area contributed by atoms with Crippen molar-refractivity contribution in [3.8, 4) is 0 Å². The standard InChI is InChI=1S/C9H12N2S/c10-9(8-3-6-12-7-8)11-4-1-2-5-11/h3,6-7,10H,1-2,4-5H2. The summed E-state index contributed by atoms with van der Waals surface area (Å²) in [6.07, 6.45) is 2.49. The van der Waals surface area contributed by atoms with Crippen molar-refractivity contribution < 1.29 is 0 Å². The third-order valence-corrected chi connectivity index (χ3v) is 2.90. The highest BCUT2D eigenvalue weighted by atomic mass is 32.1. The van der Waals surface area contributed by atoms with Crippen molar-refractivity contribution in [2.45, 2.75) is 12.8 Å². The molecule has 1 saturated heterocycles. The number of nitrogens with one attached hydrogen (secondary N) is 1. The van der Waals surface area contributed by atoms with E-state index in [-0.39, 0.29) is 0 Å². The van der Waals surface area contributed by atoms with E-state index in [2.05, 4.69) is 4.90 Å². The predicted octanol–water partition coefficient (Wildman–Crippen LogP) is 2.17. The molecule has 0 spiro atoms. The quantitative estimate of drug-likeness (QED) is 0.520. The Morgan fingerprint density at radius 1 is 1.42 bits per heavy atom. The van der Waals surface area contributed by atoms with E-state index in [1.54, 1.807) is 11.3 Å². The molecule has 0 saturated carbocycles. The molecule has 0 aromatic carbocycles. The van der Waals surface area contributed by atoms with Crippen LogP contribution in [0.15, 0.2) is 16.8 Å². The Bertz CT molecular complexity index is 260. The second kappa shape index (κ2) is 3.27. The fraction of sp³-hybridized carbons (Fsp3) is 0.444. The third-order valence-electron chi connectivity index (χ3n) is 2.22. The first kappa shape index (κ1) is 7.80. The molecule has 1 aliphatic rings. The van der Waals surface area contributed by atoms with Crippen molar-refractivity contribution in [1.82, 2.24) is 4.90 Å². The normalized spacial score (nSPS) is 16.8. The van der Waals surface area contributed by atoms with Crippen LogP contribution in [0.5, 0.6) is 0 Å². The summed E-state index contributed by atoms with van der Waals surface area (Å²) < 4.78 is 0. The largest absolute Gasteiger partial charge is 0.357 e. The summed E-state index contributed by atoms with van der Waals surface area (Å²) in [4.78, 5) is 2.15. The molecule has 12 heavy (non-hydrogen) atoms. The van der Waals surface area contributed by atoms with E-state index in [1.807, 2.05) is 16.8 Å². The minimum absolute atomic E-state index is 0.703. The number of hydrogen-bond acceptors (Lipinski definition) is 2. The highest BCUT2D eigenvalue weighted by molar-refractivity contribution is 7.08. The molecule has 0 radical (unpaired) electrons. The van der Waals surface area contributed by atoms with E-state index >= 15 is 0 Å². The number of amidine groups is 1. The minimum atomic E-state index is 0.703. The first-order valence-electron chi connectivity index (χ1n) is 4.24. The number of rotatable bonds is 1. The Balaban J connectivity index is 2.09. The molecule has 0 aliphatic carbocycles. The Morgan fingerprint density at radius 2 is 2.17 bits per heavy atom. The topological polar surface area (TPSA) is 27.1 Å². The van der Waals surface area contributed by atoms with Crippen LogP contribution in [0.25, 0.3) is 0 Å². The summed E-state index contributed by atoms with van der Waals surface area (Å²) in [5, 5.41) is 11.9. The Morgan fingerprint density at radius 3 is 2.75 bits per heavy atom. The number of nitrogens with zero attached hydrogens (tertiary/aromatic N) is 1. The van der Waals surface area contributed by atoms with Gasteiger partial charge in [-0.25, -0.2) is 0 Å². The summed E-state index contributed by atoms with van der Waals surface area (Å²) in [5.41, 5.74) is 1.07. The lowest BCUT2D eigenvalue weighted by molar-refractivity contribution is 0.517. The monoisotopic (exact) mass is 180 g/mol. The van der Waals surface area contributed by atoms with Crippen molar-refractivity contribution in [2.24, 2.45) is 0 Å². The van der Waals surface area contributed by atoms with Gasteiger partial charge in [-0.05, 0) is 24.3 Å². The van der Waals surface area contributed by atoms with Crippen molar-refractivity contribution in [3.63, 3.8) is 0 Å². The van der Waals surface area contributed by atoms with Gasteiger partial charge in [-0.2, -0.15) is 11.3 Å². The van der Waals surface area contributed by atoms with E-state index < -0.39 is 0 Å². The van der Waals surface area contributed by atoms with Gasteiger partial charge in [-0.3, -0.25) is 5.41 Å². The van der Waals surface area contributed by atoms with Crippen molar-refractivity contribution in [2.75, 3.05) is 13.1 Å². The van der Waals surface area contributed by atoms with E-state index in [0.29, 0.717) is 5.84 Å². The van der Waals surface area contributed by atoms with Gasteiger partial charge in [0.15, 0.2) is 0 Å². The second-order valence-electron chi connectivity index (χ2n) is 3.05. The summed E-state index contributed by atoms with van der Waals surface area (Å²) >= 11 is 1.66. The van der Waals surface area contributed by atoms with Crippen LogP contribution in [0.2, 0.25) is 0 Å². The zero-order chi connectivity index (χ0) is 8.39. The zero-order valence-corrected chi connectivity index (χ0v) is 7.73. The molecule has 0 bridgehead atoms. The maximum absolute atomic E-state index is 7.88. The fourth-order valence-electron chi connectivity index (χ4n) is 1.52. The smallest absolute Gasteiger partial charge is 0.128 e. The third kappa shape index (κ3) is 1.37. The molecule has 1 aliphatic heterocycles. The molecule has 1 N–H and O–H groups in total. The predicted molar refractivity (Wildman–Crippen MR) is 52.0 cm³/mol. The van der Waals surface area contributed by atoms with Gasteiger partial charge < -0.3 is 4.90 Å². The zero-order valence-electron chi connectivity index (χ0n) is 6.92. The van der Waals surface area contributed by atoms with Gasteiger partial charge in [-0.15, -0.1) is 0 Å². The Hall–Kier alpha value is -0.830. The maximum atomic E-state index is 7.88. The van der Waals surface area contributed by atoms with E-state index in [9.17, 15) is 0 Å². The summed E-state index contributed by atoms with van der Waals surface area (Å²) in [6, 6.07) is 2.02. The molecule has 1 fully saturated rings. The maximum Gasteiger partial charge on any atom is 0.128 e. The Labute approximate surface area is 76.3 Å². The highest BCUT2D eigenvalue weighted by Gasteiger charge is 2.15. The van der Waals surface area contributed by atoms with Crippen molar-refractivity contribution >= 4 is 17.2 Å². The minimum Gasteiger partial charge on any atom is -0.357 e. The SMILES string of the molecule is N=C(c1ccsc1)N1CCCC1. The lowest BCUT2D eigenvalue weighted by Crippen LogP contribution is -2.27. The van der Waals surface area contributed by atoms with Crippen LogP contribution in [0.3, 0.4) is 0 Å². The first-order valence-corrected chi connectivity index (χ1v) is 5.18. The molecular formula is C9H12N2S. The van der Waals surface area contributed by atoms with Gasteiger partial charge in [-0.1, -0.05) is 0 Å². The van der Waals surface area contributed by atoms with Crippen LogP contribution in [-0.2, 0) is 0 Å². The molecule has 64 valence electrons. The van der Waals surface area contributed by atoms with E-state index in [4.69, 9.17) is 5.41 Å². The van der Waals surface area contributed by atoms with Gasteiger partial charge in [0.2, 0.25) is 0 Å². The molecule has 2 heterocycles. The lowest BCUT2D eigenvalue weighted by atomic mass is 10.3. The molecule has 0 atom stereocenters. The molecule has 0 amide bonds. The van der Waals surface area contributed by atoms with Crippen molar-refractivity contribution in [1.29, 1.82) is 5.41 Å². The molecule has 1 aromatic rings. The van der Waals surface area contributed by atoms with E-state index in [0.717, 1.165) is 18.7 Å². The van der Waals surface area contributed by atoms with Gasteiger partial charge in [0.25, 0.3) is 0 Å². The number of hydrogen-bond donors (Lipinski definition) is 1. The van der Waals surface area contributed by atoms with Gasteiger partial charge in [0.05, 0.1) is 0 Å². The highest BCUT2D eigenvalue weighted by Crippen LogP contribution is 2.14. The average Bonchev–Trinajstić information content (AvgIpc) is 2.77. The molecule has 2 nitrogen and oxygen atoms in total. The summed E-state index contributed by atoms with van der Waals surface area (Å²) in [6.45, 7) is 2.13. The number of thiophene rings is 1. The summed E-state index contributed by atoms with van der Waals surface area (Å²) in [5.74, 6) is 0.703. The van der Waals surface area contributed by atoms with Gasteiger partial charge >= 0.3 is 0 Å². The van der Waals surface area contributed by atoms with E-state index in [1.165, 1.54) is 12.8 Å². The summed E-state index contributed by atoms with van der Waals surface area (Å²) in [7, 11) is 0. The van der Waals surface area contributed by atoms with Crippen LogP contribution >= 0.6 is 11.3 Å². The van der Waals surface area contributed by atoms with Crippen molar-refractivity contribution in [3.05, 3.63) is 22.4 Å². The molecule has 1 aromatic heterocycles. The van der Waals surface area contributed by atoms with Crippen LogP contribution < -0.4 is 0 Å². The molecular weight excluding hydrogens is 168 g/mol. The molecule has 0 unspecified atom stereocenters. The van der Waals surface area contributed by atoms with Crippen LogP contribution in [0.1, 0.15) is 18.4 Å². The average molecular weight is 180 g/mol. The molecule has 3 heteroatoms. The first-order chi connectivity index (χ1) is 5.88. The molecule has 2 rings (SSSR count). The fourth-order valence-corrected chi connectivity index (χ4v) is 2.16.